The molecule has 7 heteroatoms. The fraction of sp³-hybridized carbons (Fsp3) is 0.500. The van der Waals surface area contributed by atoms with Crippen molar-refractivity contribution in [3.05, 3.63) is 29.8 Å². The molecule has 1 heterocycles. The molecule has 0 radical (unpaired) electrons. The first-order valence-electron chi connectivity index (χ1n) is 6.73. The minimum atomic E-state index is -0.961. The number of halogens is 3. The van der Waals surface area contributed by atoms with Gasteiger partial charge in [0.05, 0.1) is 6.54 Å². The Hall–Kier alpha value is -1.24. The summed E-state index contributed by atoms with van der Waals surface area (Å²) in [6.45, 7) is 2.00. The third-order valence-corrected chi connectivity index (χ3v) is 3.49. The summed E-state index contributed by atoms with van der Waals surface area (Å²) in [5.41, 5.74) is 0.276. The van der Waals surface area contributed by atoms with Gasteiger partial charge < -0.3 is 10.6 Å². The number of hydrogen-bond acceptors (Lipinski definition) is 3. The first-order valence-corrected chi connectivity index (χ1v) is 6.73. The van der Waals surface area contributed by atoms with Crippen molar-refractivity contribution >= 4 is 24.0 Å². The monoisotopic (exact) mass is 319 g/mol. The van der Waals surface area contributed by atoms with Crippen LogP contribution in [0.3, 0.4) is 0 Å². The highest BCUT2D eigenvalue weighted by Gasteiger charge is 2.25. The van der Waals surface area contributed by atoms with Crippen molar-refractivity contribution in [1.29, 1.82) is 0 Å². The van der Waals surface area contributed by atoms with E-state index in [4.69, 9.17) is 0 Å². The van der Waals surface area contributed by atoms with E-state index >= 15 is 0 Å². The van der Waals surface area contributed by atoms with E-state index in [0.717, 1.165) is 38.1 Å². The van der Waals surface area contributed by atoms with Crippen molar-refractivity contribution in [1.82, 2.24) is 10.2 Å². The summed E-state index contributed by atoms with van der Waals surface area (Å²) in [7, 11) is 1.89. The number of carbonyl (C=O) groups is 1. The van der Waals surface area contributed by atoms with Crippen LogP contribution in [0.1, 0.15) is 12.8 Å². The van der Waals surface area contributed by atoms with Gasteiger partial charge in [0, 0.05) is 24.3 Å². The first-order chi connectivity index (χ1) is 9.60. The maximum absolute atomic E-state index is 13.1. The number of nitrogens with one attached hydrogen (secondary N) is 2. The molecule has 0 aliphatic carbocycles. The highest BCUT2D eigenvalue weighted by Crippen LogP contribution is 2.17. The minimum absolute atomic E-state index is 0. The average Bonchev–Trinajstić information content (AvgIpc) is 2.82. The van der Waals surface area contributed by atoms with Crippen molar-refractivity contribution in [2.45, 2.75) is 18.9 Å². The molecule has 2 rings (SSSR count). The number of amides is 1. The maximum atomic E-state index is 13.1. The summed E-state index contributed by atoms with van der Waals surface area (Å²) >= 11 is 0. The van der Waals surface area contributed by atoms with Crippen LogP contribution in [0.25, 0.3) is 0 Å². The first kappa shape index (κ1) is 17.8. The largest absolute Gasteiger partial charge is 0.325 e. The van der Waals surface area contributed by atoms with Crippen LogP contribution in [-0.4, -0.2) is 43.5 Å². The molecular formula is C14H20ClF2N3O. The molecule has 0 bridgehead atoms. The molecular weight excluding hydrogens is 300 g/mol. The van der Waals surface area contributed by atoms with Crippen LogP contribution < -0.4 is 10.6 Å². The lowest BCUT2D eigenvalue weighted by Gasteiger charge is -2.23. The number of carbonyl (C=O) groups excluding carboxylic acids is 1. The fourth-order valence-corrected chi connectivity index (χ4v) is 2.53. The van der Waals surface area contributed by atoms with Crippen LogP contribution in [0.15, 0.2) is 18.2 Å². The smallest absolute Gasteiger partial charge is 0.238 e. The summed E-state index contributed by atoms with van der Waals surface area (Å²) in [6.07, 6.45) is 2.14. The van der Waals surface area contributed by atoms with Crippen LogP contribution in [-0.2, 0) is 4.79 Å². The molecule has 1 atom stereocenters. The Morgan fingerprint density at radius 1 is 1.38 bits per heavy atom. The van der Waals surface area contributed by atoms with Gasteiger partial charge >= 0.3 is 0 Å². The van der Waals surface area contributed by atoms with Crippen LogP contribution in [0, 0.1) is 11.6 Å². The van der Waals surface area contributed by atoms with E-state index in [1.54, 1.807) is 0 Å². The van der Waals surface area contributed by atoms with Crippen molar-refractivity contribution < 1.29 is 13.6 Å². The molecule has 0 spiro atoms. The lowest BCUT2D eigenvalue weighted by atomic mass is 10.2. The average molecular weight is 320 g/mol. The zero-order valence-electron chi connectivity index (χ0n) is 11.9. The number of likely N-dealkylation sites (tertiary alicyclic amines) is 1. The second-order valence-corrected chi connectivity index (χ2v) is 5.00. The Labute approximate surface area is 129 Å². The van der Waals surface area contributed by atoms with Crippen molar-refractivity contribution in [2.24, 2.45) is 0 Å². The highest BCUT2D eigenvalue weighted by atomic mass is 35.5. The number of nitrogens with zero attached hydrogens (tertiary/aromatic N) is 1. The second kappa shape index (κ2) is 8.26. The quantitative estimate of drug-likeness (QED) is 0.872. The molecule has 1 saturated heterocycles. The Kier molecular flexibility index (Phi) is 7.01. The molecule has 4 nitrogen and oxygen atoms in total. The molecule has 1 fully saturated rings. The Morgan fingerprint density at radius 3 is 2.81 bits per heavy atom. The zero-order valence-corrected chi connectivity index (χ0v) is 12.7. The zero-order chi connectivity index (χ0) is 14.5. The molecule has 118 valence electrons. The predicted molar refractivity (Wildman–Crippen MR) is 80.8 cm³/mol. The van der Waals surface area contributed by atoms with Gasteiger partial charge in [-0.2, -0.15) is 0 Å². The number of anilines is 1. The van der Waals surface area contributed by atoms with E-state index in [9.17, 15) is 13.6 Å². The number of hydrogen-bond donors (Lipinski definition) is 2. The summed E-state index contributed by atoms with van der Waals surface area (Å²) < 4.78 is 25.8. The van der Waals surface area contributed by atoms with Gasteiger partial charge in [-0.25, -0.2) is 8.78 Å². The van der Waals surface area contributed by atoms with E-state index in [1.165, 1.54) is 6.07 Å². The molecule has 1 aliphatic heterocycles. The summed E-state index contributed by atoms with van der Waals surface area (Å²) in [4.78, 5) is 14.0. The van der Waals surface area contributed by atoms with Crippen LogP contribution in [0.5, 0.6) is 0 Å². The van der Waals surface area contributed by atoms with E-state index in [-0.39, 0.29) is 30.5 Å². The third-order valence-electron chi connectivity index (χ3n) is 3.49. The molecule has 21 heavy (non-hydrogen) atoms. The highest BCUT2D eigenvalue weighted by molar-refractivity contribution is 5.92. The van der Waals surface area contributed by atoms with Crippen LogP contribution in [0.4, 0.5) is 14.5 Å². The van der Waals surface area contributed by atoms with Crippen LogP contribution >= 0.6 is 12.4 Å². The van der Waals surface area contributed by atoms with Crippen LogP contribution in [0.2, 0.25) is 0 Å². The number of rotatable bonds is 5. The van der Waals surface area contributed by atoms with E-state index in [0.29, 0.717) is 6.04 Å². The normalized spacial score (nSPS) is 18.3. The van der Waals surface area contributed by atoms with Gasteiger partial charge in [-0.15, -0.1) is 12.4 Å². The molecule has 1 amide bonds. The molecule has 1 aromatic carbocycles. The third kappa shape index (κ3) is 4.91. The van der Waals surface area contributed by atoms with Gasteiger partial charge in [-0.1, -0.05) is 0 Å². The summed E-state index contributed by atoms with van der Waals surface area (Å²) in [5, 5.41) is 5.70. The molecule has 1 aromatic rings. The van der Waals surface area contributed by atoms with Crippen molar-refractivity contribution in [2.75, 3.05) is 32.0 Å². The fourth-order valence-electron chi connectivity index (χ4n) is 2.53. The standard InChI is InChI=1S/C14H19F2N3O.ClH/c1-17-8-11-3-2-6-19(11)9-14(20)18-10-4-5-12(15)13(16)7-10;/h4-5,7,11,17H,2-3,6,8-9H2,1H3,(H,18,20);1H. The number of benzene rings is 1. The minimum Gasteiger partial charge on any atom is -0.325 e. The molecule has 1 unspecified atom stereocenters. The Balaban J connectivity index is 0.00000220. The van der Waals surface area contributed by atoms with Gasteiger partial charge in [-0.05, 0) is 38.6 Å². The van der Waals surface area contributed by atoms with Gasteiger partial charge in [0.1, 0.15) is 0 Å². The van der Waals surface area contributed by atoms with Gasteiger partial charge in [-0.3, -0.25) is 9.69 Å². The summed E-state index contributed by atoms with van der Waals surface area (Å²) in [5.74, 6) is -2.09. The Bertz CT molecular complexity index is 487. The predicted octanol–water partition coefficient (Wildman–Crippen LogP) is 2.01. The second-order valence-electron chi connectivity index (χ2n) is 5.00. The lowest BCUT2D eigenvalue weighted by molar-refractivity contribution is -0.117. The summed E-state index contributed by atoms with van der Waals surface area (Å²) in [6, 6.07) is 3.70. The molecule has 2 N–H and O–H groups in total. The van der Waals surface area contributed by atoms with Gasteiger partial charge in [0.15, 0.2) is 11.6 Å². The van der Waals surface area contributed by atoms with E-state index < -0.39 is 11.6 Å². The molecule has 0 aromatic heterocycles. The van der Waals surface area contributed by atoms with Gasteiger partial charge in [0.2, 0.25) is 5.91 Å². The molecule has 0 saturated carbocycles. The maximum Gasteiger partial charge on any atom is 0.238 e. The Morgan fingerprint density at radius 2 is 2.14 bits per heavy atom. The molecule has 1 aliphatic rings. The SMILES string of the molecule is CNCC1CCCN1CC(=O)Nc1ccc(F)c(F)c1.Cl. The van der Waals surface area contributed by atoms with Gasteiger partial charge in [0.25, 0.3) is 0 Å². The van der Waals surface area contributed by atoms with E-state index in [1.807, 2.05) is 7.05 Å². The van der Waals surface area contributed by atoms with Crippen molar-refractivity contribution in [3.8, 4) is 0 Å². The lowest BCUT2D eigenvalue weighted by Crippen LogP contribution is -2.41. The number of likely N-dealkylation sites (N-methyl/N-ethyl adjacent to an activating group) is 1. The van der Waals surface area contributed by atoms with E-state index in [2.05, 4.69) is 15.5 Å². The topological polar surface area (TPSA) is 44.4 Å². The van der Waals surface area contributed by atoms with Crippen molar-refractivity contribution in [3.63, 3.8) is 0 Å².